The van der Waals surface area contributed by atoms with Crippen molar-refractivity contribution < 1.29 is 14.3 Å². The Bertz CT molecular complexity index is 147. The van der Waals surface area contributed by atoms with Gasteiger partial charge in [0.2, 0.25) is 0 Å². The van der Waals surface area contributed by atoms with Gasteiger partial charge in [0.05, 0.1) is 19.6 Å². The molecule has 3 N–H and O–H groups in total. The zero-order valence-corrected chi connectivity index (χ0v) is 6.29. The van der Waals surface area contributed by atoms with Crippen LogP contribution in [-0.4, -0.2) is 18.6 Å². The van der Waals surface area contributed by atoms with E-state index in [0.29, 0.717) is 6.61 Å². The third-order valence-electron chi connectivity index (χ3n) is 0.818. The van der Waals surface area contributed by atoms with Crippen LogP contribution in [0.1, 0.15) is 13.3 Å². The molecular formula is C6H11N2O3. The first-order valence-corrected chi connectivity index (χ1v) is 3.20. The van der Waals surface area contributed by atoms with E-state index in [1.165, 1.54) is 6.54 Å². The highest BCUT2D eigenvalue weighted by molar-refractivity contribution is 5.75. The molecule has 0 unspecified atom stereocenters. The molecule has 0 heterocycles. The average molecular weight is 159 g/mol. The van der Waals surface area contributed by atoms with Crippen LogP contribution in [0.15, 0.2) is 0 Å². The lowest BCUT2D eigenvalue weighted by atomic mass is 10.4. The Balaban J connectivity index is 3.24. The molecule has 0 fully saturated rings. The van der Waals surface area contributed by atoms with Gasteiger partial charge in [-0.1, -0.05) is 0 Å². The lowest BCUT2D eigenvalue weighted by molar-refractivity contribution is -0.142. The quantitative estimate of drug-likeness (QED) is 0.556. The van der Waals surface area contributed by atoms with Gasteiger partial charge < -0.3 is 15.8 Å². The van der Waals surface area contributed by atoms with Gasteiger partial charge in [-0.3, -0.25) is 4.79 Å². The summed E-state index contributed by atoms with van der Waals surface area (Å²) in [5.74, 6) is -0.388. The van der Waals surface area contributed by atoms with Gasteiger partial charge in [-0.25, -0.2) is 4.79 Å². The fraction of sp³-hybridized carbons (Fsp3) is 0.500. The van der Waals surface area contributed by atoms with Crippen molar-refractivity contribution in [2.24, 2.45) is 5.73 Å². The van der Waals surface area contributed by atoms with Crippen LogP contribution < -0.4 is 11.1 Å². The summed E-state index contributed by atoms with van der Waals surface area (Å²) in [5, 5.41) is 2.15. The Kier molecular flexibility index (Phi) is 4.89. The van der Waals surface area contributed by atoms with E-state index < -0.39 is 6.03 Å². The number of carbonyl (C=O) groups is 2. The first-order chi connectivity index (χ1) is 5.16. The highest BCUT2D eigenvalue weighted by atomic mass is 16.5. The van der Waals surface area contributed by atoms with E-state index in [0.717, 1.165) is 0 Å². The zero-order valence-electron chi connectivity index (χ0n) is 6.29. The Morgan fingerprint density at radius 3 is 2.73 bits per heavy atom. The second-order valence-electron chi connectivity index (χ2n) is 1.72. The van der Waals surface area contributed by atoms with Gasteiger partial charge >= 0.3 is 12.0 Å². The monoisotopic (exact) mass is 159 g/mol. The molecule has 0 spiro atoms. The minimum Gasteiger partial charge on any atom is -0.466 e. The summed E-state index contributed by atoms with van der Waals surface area (Å²) >= 11 is 0. The molecule has 0 bridgehead atoms. The van der Waals surface area contributed by atoms with Crippen LogP contribution in [0.3, 0.4) is 0 Å². The maximum atomic E-state index is 10.6. The van der Waals surface area contributed by atoms with Gasteiger partial charge in [-0.2, -0.15) is 0 Å². The summed E-state index contributed by atoms with van der Waals surface area (Å²) in [7, 11) is 0. The molecule has 0 atom stereocenters. The van der Waals surface area contributed by atoms with Crippen LogP contribution in [-0.2, 0) is 9.53 Å². The van der Waals surface area contributed by atoms with E-state index in [-0.39, 0.29) is 12.4 Å². The van der Waals surface area contributed by atoms with Gasteiger partial charge in [0.25, 0.3) is 0 Å². The smallest absolute Gasteiger partial charge is 0.312 e. The number of amides is 2. The van der Waals surface area contributed by atoms with E-state index in [2.05, 4.69) is 10.1 Å². The topological polar surface area (TPSA) is 81.4 Å². The Morgan fingerprint density at radius 2 is 2.27 bits per heavy atom. The SMILES string of the molecule is CCOC(=O)C[CH]NC(N)=O. The van der Waals surface area contributed by atoms with E-state index in [1.807, 2.05) is 0 Å². The minimum absolute atomic E-state index is 0.0385. The highest BCUT2D eigenvalue weighted by Crippen LogP contribution is 1.87. The highest BCUT2D eigenvalue weighted by Gasteiger charge is 2.01. The van der Waals surface area contributed by atoms with Gasteiger partial charge in [0.1, 0.15) is 0 Å². The molecule has 0 saturated carbocycles. The molecule has 2 amide bonds. The number of nitrogens with two attached hydrogens (primary N) is 1. The fourth-order valence-electron chi connectivity index (χ4n) is 0.455. The second-order valence-corrected chi connectivity index (χ2v) is 1.72. The number of hydrogen-bond acceptors (Lipinski definition) is 3. The molecule has 1 radical (unpaired) electrons. The summed E-state index contributed by atoms with van der Waals surface area (Å²) in [4.78, 5) is 20.6. The maximum absolute atomic E-state index is 10.6. The van der Waals surface area contributed by atoms with E-state index in [4.69, 9.17) is 5.73 Å². The van der Waals surface area contributed by atoms with Gasteiger partial charge in [-0.05, 0) is 6.92 Å². The first kappa shape index (κ1) is 9.74. The van der Waals surface area contributed by atoms with Gasteiger partial charge in [0.15, 0.2) is 0 Å². The van der Waals surface area contributed by atoms with Crippen LogP contribution in [0.25, 0.3) is 0 Å². The number of urea groups is 1. The third-order valence-corrected chi connectivity index (χ3v) is 0.818. The van der Waals surface area contributed by atoms with E-state index in [1.54, 1.807) is 6.92 Å². The molecule has 11 heavy (non-hydrogen) atoms. The van der Waals surface area contributed by atoms with E-state index in [9.17, 15) is 9.59 Å². The van der Waals surface area contributed by atoms with Crippen LogP contribution in [0.5, 0.6) is 0 Å². The van der Waals surface area contributed by atoms with Crippen molar-refractivity contribution in [1.82, 2.24) is 5.32 Å². The second kappa shape index (κ2) is 5.52. The Hall–Kier alpha value is -1.26. The van der Waals surface area contributed by atoms with Crippen molar-refractivity contribution in [3.63, 3.8) is 0 Å². The molecular weight excluding hydrogens is 148 g/mol. The predicted octanol–water partition coefficient (Wildman–Crippen LogP) is -0.230. The van der Waals surface area contributed by atoms with Crippen molar-refractivity contribution in [1.29, 1.82) is 0 Å². The molecule has 0 aromatic carbocycles. The van der Waals surface area contributed by atoms with Crippen LogP contribution >= 0.6 is 0 Å². The third kappa shape index (κ3) is 6.63. The molecule has 0 rings (SSSR count). The van der Waals surface area contributed by atoms with Crippen LogP contribution in [0, 0.1) is 6.54 Å². The molecule has 0 aromatic heterocycles. The summed E-state index contributed by atoms with van der Waals surface area (Å²) in [6.45, 7) is 3.29. The summed E-state index contributed by atoms with van der Waals surface area (Å²) < 4.78 is 4.56. The number of primary amides is 1. The van der Waals surface area contributed by atoms with Crippen molar-refractivity contribution in [2.45, 2.75) is 13.3 Å². The first-order valence-electron chi connectivity index (χ1n) is 3.20. The standard InChI is InChI=1S/C6H11N2O3/c1-2-11-5(9)3-4-8-6(7)10/h4H,2-3H2,1H3,(H3,7,8,10). The number of hydrogen-bond donors (Lipinski definition) is 2. The predicted molar refractivity (Wildman–Crippen MR) is 38.3 cm³/mol. The van der Waals surface area contributed by atoms with Gasteiger partial charge in [0, 0.05) is 0 Å². The van der Waals surface area contributed by atoms with Crippen LogP contribution in [0.4, 0.5) is 4.79 Å². The molecule has 0 aromatic rings. The molecule has 0 aliphatic carbocycles. The van der Waals surface area contributed by atoms with Crippen molar-refractivity contribution in [3.8, 4) is 0 Å². The summed E-state index contributed by atoms with van der Waals surface area (Å²) in [5.41, 5.74) is 4.72. The fourth-order valence-corrected chi connectivity index (χ4v) is 0.455. The Morgan fingerprint density at radius 1 is 1.64 bits per heavy atom. The molecule has 5 nitrogen and oxygen atoms in total. The van der Waals surface area contributed by atoms with E-state index >= 15 is 0 Å². The lowest BCUT2D eigenvalue weighted by Crippen LogP contribution is -2.27. The van der Waals surface area contributed by atoms with Crippen LogP contribution in [0.2, 0.25) is 0 Å². The molecule has 5 heteroatoms. The molecule has 0 aliphatic rings. The number of esters is 1. The minimum atomic E-state index is -0.686. The van der Waals surface area contributed by atoms with Crippen molar-refractivity contribution >= 4 is 12.0 Å². The number of rotatable bonds is 4. The molecule has 0 saturated heterocycles. The molecule has 63 valence electrons. The average Bonchev–Trinajstić information content (AvgIpc) is 1.87. The number of ether oxygens (including phenoxy) is 1. The van der Waals surface area contributed by atoms with Gasteiger partial charge in [-0.15, -0.1) is 0 Å². The maximum Gasteiger partial charge on any atom is 0.312 e. The van der Waals surface area contributed by atoms with Crippen molar-refractivity contribution in [2.75, 3.05) is 6.61 Å². The number of carbonyl (C=O) groups excluding carboxylic acids is 2. The largest absolute Gasteiger partial charge is 0.466 e. The Labute approximate surface area is 64.9 Å². The normalized spacial score (nSPS) is 8.82. The lowest BCUT2D eigenvalue weighted by Gasteiger charge is -2.00. The zero-order chi connectivity index (χ0) is 8.69. The number of nitrogens with one attached hydrogen (secondary N) is 1. The summed E-state index contributed by atoms with van der Waals surface area (Å²) in [6, 6.07) is -0.686. The summed E-state index contributed by atoms with van der Waals surface area (Å²) in [6.07, 6.45) is 0.0385. The van der Waals surface area contributed by atoms with Crippen molar-refractivity contribution in [3.05, 3.63) is 6.54 Å². The molecule has 0 aliphatic heterocycles.